The summed E-state index contributed by atoms with van der Waals surface area (Å²) < 4.78 is 0. The van der Waals surface area contributed by atoms with E-state index in [4.69, 9.17) is 0 Å². The number of aryl methyl sites for hydroxylation is 2. The largest absolute Gasteiger partial charge is 0.303 e. The molecule has 19 heavy (non-hydrogen) atoms. The smallest absolute Gasteiger partial charge is 0.127 e. The Morgan fingerprint density at radius 2 is 1.63 bits per heavy atom. The molecule has 0 amide bonds. The Morgan fingerprint density at radius 3 is 2.21 bits per heavy atom. The maximum Gasteiger partial charge on any atom is 0.127 e. The number of carbonyl (C=O) groups is 1. The van der Waals surface area contributed by atoms with Crippen LogP contribution in [-0.2, 0) is 17.6 Å². The summed E-state index contributed by atoms with van der Waals surface area (Å²) >= 11 is 0. The van der Waals surface area contributed by atoms with E-state index in [1.165, 1.54) is 16.7 Å². The Labute approximate surface area is 115 Å². The standard InChI is InChI=1S/C18H20O/c1-3-15-8-10-16(11-9-15)12-17(13-19)18-7-5-4-6-14(18)2/h4-11,13,17H,3,12H2,1-2H3. The van der Waals surface area contributed by atoms with E-state index < -0.39 is 0 Å². The maximum atomic E-state index is 11.4. The third-order valence-corrected chi connectivity index (χ3v) is 3.64. The van der Waals surface area contributed by atoms with Crippen LogP contribution >= 0.6 is 0 Å². The molecule has 1 heteroatoms. The molecule has 0 aromatic heterocycles. The fourth-order valence-corrected chi connectivity index (χ4v) is 2.40. The highest BCUT2D eigenvalue weighted by Crippen LogP contribution is 2.22. The molecule has 0 aliphatic carbocycles. The molecule has 2 aromatic carbocycles. The molecule has 0 fully saturated rings. The third kappa shape index (κ3) is 3.31. The average molecular weight is 252 g/mol. The van der Waals surface area contributed by atoms with Gasteiger partial charge in [0, 0.05) is 5.92 Å². The molecule has 1 nitrogen and oxygen atoms in total. The zero-order valence-corrected chi connectivity index (χ0v) is 11.6. The summed E-state index contributed by atoms with van der Waals surface area (Å²) in [6.07, 6.45) is 2.89. The van der Waals surface area contributed by atoms with Crippen LogP contribution in [0.15, 0.2) is 48.5 Å². The van der Waals surface area contributed by atoms with Gasteiger partial charge in [-0.3, -0.25) is 0 Å². The minimum atomic E-state index is -0.0475. The van der Waals surface area contributed by atoms with Gasteiger partial charge in [-0.15, -0.1) is 0 Å². The van der Waals surface area contributed by atoms with Crippen molar-refractivity contribution in [3.05, 3.63) is 70.8 Å². The van der Waals surface area contributed by atoms with E-state index in [2.05, 4.69) is 50.2 Å². The van der Waals surface area contributed by atoms with Crippen LogP contribution in [0.1, 0.15) is 35.1 Å². The summed E-state index contributed by atoms with van der Waals surface area (Å²) in [4.78, 5) is 11.4. The lowest BCUT2D eigenvalue weighted by molar-refractivity contribution is -0.109. The van der Waals surface area contributed by atoms with Crippen LogP contribution in [0, 0.1) is 6.92 Å². The Bertz CT molecular complexity index is 540. The second kappa shape index (κ2) is 6.33. The van der Waals surface area contributed by atoms with E-state index in [1.54, 1.807) is 0 Å². The quantitative estimate of drug-likeness (QED) is 0.733. The first kappa shape index (κ1) is 13.5. The lowest BCUT2D eigenvalue weighted by atomic mass is 9.90. The monoisotopic (exact) mass is 252 g/mol. The molecule has 0 N–H and O–H groups in total. The SMILES string of the molecule is CCc1ccc(CC(C=O)c2ccccc2C)cc1. The van der Waals surface area contributed by atoms with Gasteiger partial charge >= 0.3 is 0 Å². The highest BCUT2D eigenvalue weighted by atomic mass is 16.1. The van der Waals surface area contributed by atoms with Gasteiger partial charge in [-0.2, -0.15) is 0 Å². The van der Waals surface area contributed by atoms with Crippen molar-refractivity contribution >= 4 is 6.29 Å². The molecule has 1 atom stereocenters. The first-order valence-corrected chi connectivity index (χ1v) is 6.83. The molecule has 0 aliphatic heterocycles. The molecule has 1 unspecified atom stereocenters. The van der Waals surface area contributed by atoms with Gasteiger partial charge in [0.1, 0.15) is 6.29 Å². The lowest BCUT2D eigenvalue weighted by Crippen LogP contribution is -2.06. The van der Waals surface area contributed by atoms with Gasteiger partial charge in [0.15, 0.2) is 0 Å². The van der Waals surface area contributed by atoms with Crippen molar-refractivity contribution in [2.75, 3.05) is 0 Å². The van der Waals surface area contributed by atoms with Crippen LogP contribution in [0.2, 0.25) is 0 Å². The first-order chi connectivity index (χ1) is 9.24. The second-order valence-corrected chi connectivity index (χ2v) is 4.97. The lowest BCUT2D eigenvalue weighted by Gasteiger charge is -2.13. The third-order valence-electron chi connectivity index (χ3n) is 3.64. The summed E-state index contributed by atoms with van der Waals surface area (Å²) in [5, 5.41) is 0. The van der Waals surface area contributed by atoms with Gasteiger partial charge in [0.25, 0.3) is 0 Å². The van der Waals surface area contributed by atoms with E-state index in [9.17, 15) is 4.79 Å². The summed E-state index contributed by atoms with van der Waals surface area (Å²) in [7, 11) is 0. The molecule has 0 spiro atoms. The first-order valence-electron chi connectivity index (χ1n) is 6.83. The molecule has 0 saturated carbocycles. The van der Waals surface area contributed by atoms with E-state index in [1.807, 2.05) is 12.1 Å². The number of hydrogen-bond acceptors (Lipinski definition) is 1. The van der Waals surface area contributed by atoms with E-state index >= 15 is 0 Å². The van der Waals surface area contributed by atoms with E-state index in [-0.39, 0.29) is 5.92 Å². The van der Waals surface area contributed by atoms with Crippen molar-refractivity contribution in [3.8, 4) is 0 Å². The van der Waals surface area contributed by atoms with Crippen LogP contribution in [-0.4, -0.2) is 6.29 Å². The number of benzene rings is 2. The number of hydrogen-bond donors (Lipinski definition) is 0. The summed E-state index contributed by atoms with van der Waals surface area (Å²) in [5.74, 6) is -0.0475. The van der Waals surface area contributed by atoms with Crippen molar-refractivity contribution in [2.24, 2.45) is 0 Å². The molecule has 2 rings (SSSR count). The predicted octanol–water partition coefficient (Wildman–Crippen LogP) is 4.08. The summed E-state index contributed by atoms with van der Waals surface area (Å²) in [6.45, 7) is 4.21. The zero-order valence-electron chi connectivity index (χ0n) is 11.6. The van der Waals surface area contributed by atoms with Gasteiger partial charge in [0.05, 0.1) is 0 Å². The normalized spacial score (nSPS) is 12.1. The van der Waals surface area contributed by atoms with Crippen molar-refractivity contribution in [1.29, 1.82) is 0 Å². The Hall–Kier alpha value is -1.89. The van der Waals surface area contributed by atoms with Crippen LogP contribution in [0.25, 0.3) is 0 Å². The molecule has 0 radical (unpaired) electrons. The molecule has 98 valence electrons. The Morgan fingerprint density at radius 1 is 1.00 bits per heavy atom. The van der Waals surface area contributed by atoms with E-state index in [0.29, 0.717) is 0 Å². The van der Waals surface area contributed by atoms with Gasteiger partial charge in [-0.1, -0.05) is 55.5 Å². The fraction of sp³-hybridized carbons (Fsp3) is 0.278. The number of aldehydes is 1. The summed E-state index contributed by atoms with van der Waals surface area (Å²) in [6, 6.07) is 16.7. The second-order valence-electron chi connectivity index (χ2n) is 4.97. The number of carbonyl (C=O) groups excluding carboxylic acids is 1. The molecular formula is C18H20O. The fourth-order valence-electron chi connectivity index (χ4n) is 2.40. The van der Waals surface area contributed by atoms with Crippen molar-refractivity contribution in [3.63, 3.8) is 0 Å². The molecule has 0 heterocycles. The topological polar surface area (TPSA) is 17.1 Å². The van der Waals surface area contributed by atoms with Crippen LogP contribution in [0.5, 0.6) is 0 Å². The minimum absolute atomic E-state index is 0.0475. The molecule has 0 aliphatic rings. The highest BCUT2D eigenvalue weighted by molar-refractivity contribution is 5.64. The molecule has 2 aromatic rings. The molecule has 0 saturated heterocycles. The predicted molar refractivity (Wildman–Crippen MR) is 79.5 cm³/mol. The average Bonchev–Trinajstić information content (AvgIpc) is 2.46. The highest BCUT2D eigenvalue weighted by Gasteiger charge is 2.13. The van der Waals surface area contributed by atoms with Crippen molar-refractivity contribution in [2.45, 2.75) is 32.6 Å². The van der Waals surface area contributed by atoms with Gasteiger partial charge < -0.3 is 4.79 Å². The maximum absolute atomic E-state index is 11.4. The van der Waals surface area contributed by atoms with Crippen molar-refractivity contribution in [1.82, 2.24) is 0 Å². The van der Waals surface area contributed by atoms with Gasteiger partial charge in [-0.05, 0) is 42.0 Å². The van der Waals surface area contributed by atoms with Crippen LogP contribution < -0.4 is 0 Å². The van der Waals surface area contributed by atoms with Gasteiger partial charge in [0.2, 0.25) is 0 Å². The Balaban J connectivity index is 2.19. The van der Waals surface area contributed by atoms with Crippen LogP contribution in [0.4, 0.5) is 0 Å². The molecular weight excluding hydrogens is 232 g/mol. The summed E-state index contributed by atoms with van der Waals surface area (Å²) in [5.41, 5.74) is 4.88. The zero-order chi connectivity index (χ0) is 13.7. The minimum Gasteiger partial charge on any atom is -0.303 e. The van der Waals surface area contributed by atoms with Crippen molar-refractivity contribution < 1.29 is 4.79 Å². The number of rotatable bonds is 5. The Kier molecular flexibility index (Phi) is 4.51. The van der Waals surface area contributed by atoms with Crippen LogP contribution in [0.3, 0.4) is 0 Å². The molecule has 0 bridgehead atoms. The van der Waals surface area contributed by atoms with Gasteiger partial charge in [-0.25, -0.2) is 0 Å². The van der Waals surface area contributed by atoms with E-state index in [0.717, 1.165) is 24.7 Å².